The minimum Gasteiger partial charge on any atom is -0.480 e. The van der Waals surface area contributed by atoms with Crippen LogP contribution >= 0.6 is 11.6 Å². The number of nitrogens with one attached hydrogen (secondary N) is 1. The molecule has 0 aliphatic carbocycles. The molecule has 0 amide bonds. The van der Waals surface area contributed by atoms with Crippen molar-refractivity contribution in [3.05, 3.63) is 53.2 Å². The molecule has 1 unspecified atom stereocenters. The Labute approximate surface area is 118 Å². The van der Waals surface area contributed by atoms with Crippen LogP contribution in [0, 0.1) is 0 Å². The van der Waals surface area contributed by atoms with Crippen molar-refractivity contribution in [2.75, 3.05) is 12.4 Å². The number of anilines is 1. The second-order valence-electron chi connectivity index (χ2n) is 4.44. The van der Waals surface area contributed by atoms with Crippen molar-refractivity contribution in [2.45, 2.75) is 19.4 Å². The Morgan fingerprint density at radius 1 is 1.26 bits per heavy atom. The molecule has 4 heteroatoms. The molecule has 3 nitrogen and oxygen atoms in total. The quantitative estimate of drug-likeness (QED) is 0.902. The number of ether oxygens (including phenoxy) is 1. The number of nitrogens with zero attached hydrogens (tertiary/aromatic N) is 1. The minimum absolute atomic E-state index is 0.277. The average Bonchev–Trinajstić information content (AvgIpc) is 2.42. The maximum atomic E-state index is 5.88. The third-order valence-corrected chi connectivity index (χ3v) is 3.07. The summed E-state index contributed by atoms with van der Waals surface area (Å²) in [5, 5.41) is 4.17. The lowest BCUT2D eigenvalue weighted by Crippen LogP contribution is -2.18. The molecular weight excluding hydrogens is 260 g/mol. The number of hydrogen-bond acceptors (Lipinski definition) is 3. The van der Waals surface area contributed by atoms with E-state index in [2.05, 4.69) is 17.2 Å². The van der Waals surface area contributed by atoms with Crippen LogP contribution in [0.1, 0.15) is 12.5 Å². The molecule has 2 aromatic rings. The first-order valence-electron chi connectivity index (χ1n) is 6.19. The van der Waals surface area contributed by atoms with E-state index in [9.17, 15) is 0 Å². The molecule has 1 atom stereocenters. The summed E-state index contributed by atoms with van der Waals surface area (Å²) in [6, 6.07) is 12.0. The maximum Gasteiger partial charge on any atom is 0.237 e. The van der Waals surface area contributed by atoms with E-state index in [1.54, 1.807) is 13.3 Å². The van der Waals surface area contributed by atoms with Crippen molar-refractivity contribution in [2.24, 2.45) is 0 Å². The molecule has 100 valence electrons. The minimum atomic E-state index is 0.277. The number of aromatic nitrogens is 1. The predicted molar refractivity (Wildman–Crippen MR) is 79.0 cm³/mol. The summed E-state index contributed by atoms with van der Waals surface area (Å²) in [6.07, 6.45) is 2.63. The molecule has 0 saturated carbocycles. The lowest BCUT2D eigenvalue weighted by Gasteiger charge is -2.16. The maximum absolute atomic E-state index is 5.88. The van der Waals surface area contributed by atoms with E-state index >= 15 is 0 Å². The van der Waals surface area contributed by atoms with Crippen LogP contribution < -0.4 is 10.1 Å². The van der Waals surface area contributed by atoms with E-state index in [4.69, 9.17) is 16.3 Å². The highest BCUT2D eigenvalue weighted by Gasteiger charge is 2.08. The average molecular weight is 277 g/mol. The van der Waals surface area contributed by atoms with Crippen LogP contribution in [0.5, 0.6) is 5.88 Å². The summed E-state index contributed by atoms with van der Waals surface area (Å²) in [6.45, 7) is 2.13. The first kappa shape index (κ1) is 13.7. The summed E-state index contributed by atoms with van der Waals surface area (Å²) in [5.74, 6) is 0.616. The molecule has 1 N–H and O–H groups in total. The van der Waals surface area contributed by atoms with Crippen LogP contribution in [0.15, 0.2) is 42.6 Å². The van der Waals surface area contributed by atoms with Gasteiger partial charge in [-0.1, -0.05) is 23.7 Å². The van der Waals surface area contributed by atoms with Gasteiger partial charge in [0, 0.05) is 17.3 Å². The van der Waals surface area contributed by atoms with Gasteiger partial charge in [0.1, 0.15) is 0 Å². The van der Waals surface area contributed by atoms with Gasteiger partial charge in [-0.3, -0.25) is 0 Å². The van der Waals surface area contributed by atoms with Crippen LogP contribution in [0.2, 0.25) is 5.02 Å². The highest BCUT2D eigenvalue weighted by Crippen LogP contribution is 2.21. The first-order chi connectivity index (χ1) is 9.19. The summed E-state index contributed by atoms with van der Waals surface area (Å²) >= 11 is 5.88. The van der Waals surface area contributed by atoms with Crippen LogP contribution in [0.4, 0.5) is 5.69 Å². The van der Waals surface area contributed by atoms with Gasteiger partial charge in [0.05, 0.1) is 12.8 Å². The van der Waals surface area contributed by atoms with Crippen molar-refractivity contribution in [3.8, 4) is 5.88 Å². The van der Waals surface area contributed by atoms with Gasteiger partial charge >= 0.3 is 0 Å². The molecular formula is C15H17ClN2O. The Balaban J connectivity index is 2.01. The van der Waals surface area contributed by atoms with Gasteiger partial charge in [-0.25, -0.2) is 4.98 Å². The number of rotatable bonds is 5. The highest BCUT2D eigenvalue weighted by molar-refractivity contribution is 6.30. The fraction of sp³-hybridized carbons (Fsp3) is 0.267. The number of hydrogen-bond donors (Lipinski definition) is 1. The molecule has 0 spiro atoms. The fourth-order valence-electron chi connectivity index (χ4n) is 1.95. The molecule has 1 heterocycles. The Morgan fingerprint density at radius 2 is 2.00 bits per heavy atom. The Bertz CT molecular complexity index is 528. The fourth-order valence-corrected chi connectivity index (χ4v) is 2.08. The molecule has 19 heavy (non-hydrogen) atoms. The Kier molecular flexibility index (Phi) is 4.63. The van der Waals surface area contributed by atoms with Gasteiger partial charge in [0.2, 0.25) is 5.88 Å². The van der Waals surface area contributed by atoms with Gasteiger partial charge in [0.25, 0.3) is 0 Å². The zero-order chi connectivity index (χ0) is 13.7. The van der Waals surface area contributed by atoms with Crippen LogP contribution in [-0.2, 0) is 6.42 Å². The number of methoxy groups -OCH3 is 1. The van der Waals surface area contributed by atoms with Crippen molar-refractivity contribution < 1.29 is 4.74 Å². The zero-order valence-electron chi connectivity index (χ0n) is 11.1. The smallest absolute Gasteiger partial charge is 0.237 e. The highest BCUT2D eigenvalue weighted by atomic mass is 35.5. The lowest BCUT2D eigenvalue weighted by atomic mass is 10.1. The van der Waals surface area contributed by atoms with Crippen molar-refractivity contribution in [1.82, 2.24) is 4.98 Å². The zero-order valence-corrected chi connectivity index (χ0v) is 11.8. The second kappa shape index (κ2) is 6.43. The molecule has 1 aromatic carbocycles. The Morgan fingerprint density at radius 3 is 2.68 bits per heavy atom. The van der Waals surface area contributed by atoms with E-state index in [-0.39, 0.29) is 6.04 Å². The van der Waals surface area contributed by atoms with Gasteiger partial charge in [-0.05, 0) is 43.2 Å². The van der Waals surface area contributed by atoms with E-state index in [0.29, 0.717) is 5.88 Å². The third kappa shape index (κ3) is 3.86. The normalized spacial score (nSPS) is 11.9. The molecule has 2 rings (SSSR count). The van der Waals surface area contributed by atoms with Crippen LogP contribution in [-0.4, -0.2) is 18.1 Å². The number of benzene rings is 1. The van der Waals surface area contributed by atoms with Gasteiger partial charge < -0.3 is 10.1 Å². The van der Waals surface area contributed by atoms with Crippen LogP contribution in [0.3, 0.4) is 0 Å². The van der Waals surface area contributed by atoms with E-state index in [1.807, 2.05) is 36.4 Å². The molecule has 0 aliphatic heterocycles. The molecule has 0 radical (unpaired) electrons. The summed E-state index contributed by atoms with van der Waals surface area (Å²) in [7, 11) is 1.62. The van der Waals surface area contributed by atoms with E-state index in [0.717, 1.165) is 17.1 Å². The standard InChI is InChI=1S/C15H17ClN2O/c1-11(10-12-5-7-13(16)8-6-12)18-14-4-3-9-17-15(14)19-2/h3-9,11,18H,10H2,1-2H3. The summed E-state index contributed by atoms with van der Waals surface area (Å²) in [5.41, 5.74) is 2.15. The van der Waals surface area contributed by atoms with E-state index < -0.39 is 0 Å². The SMILES string of the molecule is COc1ncccc1NC(C)Cc1ccc(Cl)cc1. The first-order valence-corrected chi connectivity index (χ1v) is 6.57. The lowest BCUT2D eigenvalue weighted by molar-refractivity contribution is 0.399. The molecule has 0 saturated heterocycles. The summed E-state index contributed by atoms with van der Waals surface area (Å²) in [4.78, 5) is 4.17. The van der Waals surface area contributed by atoms with Crippen molar-refractivity contribution in [1.29, 1.82) is 0 Å². The number of pyridine rings is 1. The molecule has 0 fully saturated rings. The van der Waals surface area contributed by atoms with E-state index in [1.165, 1.54) is 5.56 Å². The molecule has 0 aliphatic rings. The summed E-state index contributed by atoms with van der Waals surface area (Å²) < 4.78 is 5.22. The van der Waals surface area contributed by atoms with Crippen molar-refractivity contribution in [3.63, 3.8) is 0 Å². The van der Waals surface area contributed by atoms with Gasteiger partial charge in [0.15, 0.2) is 0 Å². The van der Waals surface area contributed by atoms with Gasteiger partial charge in [-0.2, -0.15) is 0 Å². The molecule has 1 aromatic heterocycles. The van der Waals surface area contributed by atoms with Crippen LogP contribution in [0.25, 0.3) is 0 Å². The van der Waals surface area contributed by atoms with Crippen molar-refractivity contribution >= 4 is 17.3 Å². The monoisotopic (exact) mass is 276 g/mol. The third-order valence-electron chi connectivity index (χ3n) is 2.82. The predicted octanol–water partition coefficient (Wildman–Crippen LogP) is 3.79. The van der Waals surface area contributed by atoms with Gasteiger partial charge in [-0.15, -0.1) is 0 Å². The Hall–Kier alpha value is -1.74. The second-order valence-corrected chi connectivity index (χ2v) is 4.87. The topological polar surface area (TPSA) is 34.1 Å². The largest absolute Gasteiger partial charge is 0.480 e. The number of halogens is 1. The molecule has 0 bridgehead atoms.